The van der Waals surface area contributed by atoms with Crippen molar-refractivity contribution in [3.05, 3.63) is 52.2 Å². The number of nitrogens with one attached hydrogen (secondary N) is 2. The molecule has 0 fully saturated rings. The van der Waals surface area contributed by atoms with Gasteiger partial charge in [-0.1, -0.05) is 17.3 Å². The molecule has 1 aromatic heterocycles. The zero-order valence-electron chi connectivity index (χ0n) is 12.6. The van der Waals surface area contributed by atoms with Crippen LogP contribution in [0, 0.1) is 0 Å². The van der Waals surface area contributed by atoms with E-state index in [1.165, 1.54) is 11.3 Å². The van der Waals surface area contributed by atoms with Crippen molar-refractivity contribution in [3.63, 3.8) is 0 Å². The van der Waals surface area contributed by atoms with Gasteiger partial charge in [0.05, 0.1) is 6.21 Å². The predicted octanol–water partition coefficient (Wildman–Crippen LogP) is 2.49. The van der Waals surface area contributed by atoms with Crippen molar-refractivity contribution in [3.8, 4) is 0 Å². The number of carbonyl (C=O) groups excluding carboxylic acids is 2. The summed E-state index contributed by atoms with van der Waals surface area (Å²) in [5.74, 6) is -0.526. The van der Waals surface area contributed by atoms with E-state index in [9.17, 15) is 9.59 Å². The maximum atomic E-state index is 11.8. The highest BCUT2D eigenvalue weighted by Crippen LogP contribution is 2.10. The summed E-state index contributed by atoms with van der Waals surface area (Å²) in [5.41, 5.74) is 1.02. The van der Waals surface area contributed by atoms with Crippen LogP contribution in [0.5, 0.6) is 0 Å². The second-order valence-corrected chi connectivity index (χ2v) is 5.49. The standard InChI is InChI=1S/C16H17N3O3S/c1-2-17-16(21)12-5-3-6-13(9-12)19-15(20)11-22-18-10-14-7-4-8-23-14/h3-10H,2,11H2,1H3,(H,17,21)(H,19,20)/b18-10+. The van der Waals surface area contributed by atoms with Crippen molar-refractivity contribution < 1.29 is 14.4 Å². The van der Waals surface area contributed by atoms with Gasteiger partial charge in [-0.15, -0.1) is 11.3 Å². The Morgan fingerprint density at radius 2 is 2.17 bits per heavy atom. The van der Waals surface area contributed by atoms with Gasteiger partial charge in [-0.2, -0.15) is 0 Å². The Morgan fingerprint density at radius 1 is 1.30 bits per heavy atom. The summed E-state index contributed by atoms with van der Waals surface area (Å²) >= 11 is 1.52. The third-order valence-electron chi connectivity index (χ3n) is 2.74. The topological polar surface area (TPSA) is 79.8 Å². The largest absolute Gasteiger partial charge is 0.386 e. The molecule has 0 spiro atoms. The average Bonchev–Trinajstić information content (AvgIpc) is 3.05. The molecule has 2 amide bonds. The van der Waals surface area contributed by atoms with Crippen LogP contribution in [-0.4, -0.2) is 31.2 Å². The molecule has 2 N–H and O–H groups in total. The predicted molar refractivity (Wildman–Crippen MR) is 90.9 cm³/mol. The van der Waals surface area contributed by atoms with Crippen molar-refractivity contribution in [2.75, 3.05) is 18.5 Å². The smallest absolute Gasteiger partial charge is 0.265 e. The number of carbonyl (C=O) groups is 2. The van der Waals surface area contributed by atoms with Gasteiger partial charge in [0.15, 0.2) is 6.61 Å². The van der Waals surface area contributed by atoms with Crippen LogP contribution in [0.25, 0.3) is 0 Å². The highest BCUT2D eigenvalue weighted by molar-refractivity contribution is 7.11. The van der Waals surface area contributed by atoms with Crippen LogP contribution in [0.2, 0.25) is 0 Å². The van der Waals surface area contributed by atoms with Gasteiger partial charge in [0.1, 0.15) is 0 Å². The van der Waals surface area contributed by atoms with Crippen LogP contribution in [0.3, 0.4) is 0 Å². The van der Waals surface area contributed by atoms with Gasteiger partial charge in [0.2, 0.25) is 0 Å². The van der Waals surface area contributed by atoms with E-state index >= 15 is 0 Å². The first-order chi connectivity index (χ1) is 11.2. The molecule has 0 aliphatic rings. The highest BCUT2D eigenvalue weighted by atomic mass is 32.1. The first kappa shape index (κ1) is 16.7. The highest BCUT2D eigenvalue weighted by Gasteiger charge is 2.07. The Hall–Kier alpha value is -2.67. The fourth-order valence-electron chi connectivity index (χ4n) is 1.75. The lowest BCUT2D eigenvalue weighted by Gasteiger charge is -2.07. The van der Waals surface area contributed by atoms with Crippen LogP contribution in [0.1, 0.15) is 22.2 Å². The Balaban J connectivity index is 1.83. The number of hydrogen-bond acceptors (Lipinski definition) is 5. The molecular weight excluding hydrogens is 314 g/mol. The fourth-order valence-corrected chi connectivity index (χ4v) is 2.32. The molecule has 0 unspecified atom stereocenters. The number of nitrogens with zero attached hydrogens (tertiary/aromatic N) is 1. The van der Waals surface area contributed by atoms with E-state index in [2.05, 4.69) is 15.8 Å². The summed E-state index contributed by atoms with van der Waals surface area (Å²) < 4.78 is 0. The van der Waals surface area contributed by atoms with E-state index in [0.717, 1.165) is 4.88 Å². The number of hydrogen-bond donors (Lipinski definition) is 2. The van der Waals surface area contributed by atoms with Crippen molar-refractivity contribution in [2.24, 2.45) is 5.16 Å². The zero-order valence-corrected chi connectivity index (χ0v) is 13.4. The number of amides is 2. The first-order valence-electron chi connectivity index (χ1n) is 7.06. The lowest BCUT2D eigenvalue weighted by molar-refractivity contribution is -0.120. The number of oxime groups is 1. The Kier molecular flexibility index (Phi) is 6.31. The van der Waals surface area contributed by atoms with Crippen molar-refractivity contribution in [1.29, 1.82) is 0 Å². The van der Waals surface area contributed by atoms with Gasteiger partial charge < -0.3 is 15.5 Å². The van der Waals surface area contributed by atoms with Crippen molar-refractivity contribution in [2.45, 2.75) is 6.92 Å². The summed E-state index contributed by atoms with van der Waals surface area (Å²) in [6.07, 6.45) is 1.55. The number of thiophene rings is 1. The van der Waals surface area contributed by atoms with Crippen LogP contribution >= 0.6 is 11.3 Å². The monoisotopic (exact) mass is 331 g/mol. The van der Waals surface area contributed by atoms with E-state index in [1.807, 2.05) is 24.4 Å². The summed E-state index contributed by atoms with van der Waals surface area (Å²) in [6, 6.07) is 10.5. The van der Waals surface area contributed by atoms with Gasteiger partial charge in [-0.3, -0.25) is 9.59 Å². The third kappa shape index (κ3) is 5.55. The molecule has 2 aromatic rings. The zero-order chi connectivity index (χ0) is 16.5. The summed E-state index contributed by atoms with van der Waals surface area (Å²) in [6.45, 7) is 2.19. The molecule has 0 saturated heterocycles. The molecule has 0 atom stereocenters. The normalized spacial score (nSPS) is 10.5. The minimum Gasteiger partial charge on any atom is -0.386 e. The number of benzene rings is 1. The Morgan fingerprint density at radius 3 is 2.91 bits per heavy atom. The summed E-state index contributed by atoms with van der Waals surface area (Å²) in [4.78, 5) is 29.4. The number of rotatable bonds is 7. The molecule has 23 heavy (non-hydrogen) atoms. The molecule has 120 valence electrons. The molecule has 0 bridgehead atoms. The third-order valence-corrected chi connectivity index (χ3v) is 3.55. The van der Waals surface area contributed by atoms with E-state index in [4.69, 9.17) is 4.84 Å². The van der Waals surface area contributed by atoms with Gasteiger partial charge >= 0.3 is 0 Å². The maximum Gasteiger partial charge on any atom is 0.265 e. The van der Waals surface area contributed by atoms with Crippen LogP contribution < -0.4 is 10.6 Å². The molecule has 0 aliphatic heterocycles. The molecule has 2 rings (SSSR count). The second-order valence-electron chi connectivity index (χ2n) is 4.51. The molecule has 1 heterocycles. The summed E-state index contributed by atoms with van der Waals surface area (Å²) in [5, 5.41) is 11.0. The molecule has 0 saturated carbocycles. The van der Waals surface area contributed by atoms with Gasteiger partial charge in [-0.25, -0.2) is 0 Å². The molecule has 1 aromatic carbocycles. The van der Waals surface area contributed by atoms with E-state index in [-0.39, 0.29) is 18.4 Å². The number of anilines is 1. The van der Waals surface area contributed by atoms with E-state index in [0.29, 0.717) is 17.8 Å². The molecular formula is C16H17N3O3S. The van der Waals surface area contributed by atoms with Crippen molar-refractivity contribution >= 4 is 35.1 Å². The average molecular weight is 331 g/mol. The first-order valence-corrected chi connectivity index (χ1v) is 7.94. The van der Waals surface area contributed by atoms with Gasteiger partial charge in [-0.05, 0) is 36.6 Å². The Bertz CT molecular complexity index is 684. The van der Waals surface area contributed by atoms with Crippen LogP contribution in [0.15, 0.2) is 46.9 Å². The molecule has 7 heteroatoms. The van der Waals surface area contributed by atoms with E-state index in [1.54, 1.807) is 30.5 Å². The Labute approximate surface area is 138 Å². The van der Waals surface area contributed by atoms with Gasteiger partial charge in [0, 0.05) is 22.7 Å². The SMILES string of the molecule is CCNC(=O)c1cccc(NC(=O)CO/N=C/c2cccs2)c1. The summed E-state index contributed by atoms with van der Waals surface area (Å²) in [7, 11) is 0. The van der Waals surface area contributed by atoms with Crippen molar-refractivity contribution in [1.82, 2.24) is 5.32 Å². The fraction of sp³-hybridized carbons (Fsp3) is 0.188. The maximum absolute atomic E-state index is 11.8. The molecule has 0 aliphatic carbocycles. The minimum atomic E-state index is -0.346. The quantitative estimate of drug-likeness (QED) is 0.604. The van der Waals surface area contributed by atoms with Crippen LogP contribution in [0.4, 0.5) is 5.69 Å². The minimum absolute atomic E-state index is 0.180. The second kappa shape index (κ2) is 8.70. The lowest BCUT2D eigenvalue weighted by Crippen LogP contribution is -2.23. The molecule has 0 radical (unpaired) electrons. The molecule has 6 nitrogen and oxygen atoms in total. The lowest BCUT2D eigenvalue weighted by atomic mass is 10.2. The van der Waals surface area contributed by atoms with E-state index < -0.39 is 0 Å². The van der Waals surface area contributed by atoms with Crippen LogP contribution in [-0.2, 0) is 9.63 Å². The van der Waals surface area contributed by atoms with Gasteiger partial charge in [0.25, 0.3) is 11.8 Å².